The van der Waals surface area contributed by atoms with Crippen LogP contribution in [0.15, 0.2) is 28.1 Å². The molecule has 0 amide bonds. The highest BCUT2D eigenvalue weighted by molar-refractivity contribution is 9.11. The maximum absolute atomic E-state index is 13.1. The zero-order valence-corrected chi connectivity index (χ0v) is 12.1. The van der Waals surface area contributed by atoms with Gasteiger partial charge in [0.25, 0.3) is 0 Å². The summed E-state index contributed by atoms with van der Waals surface area (Å²) >= 11 is 5.03. The molecular weight excluding hydrogens is 320 g/mol. The van der Waals surface area contributed by atoms with E-state index in [4.69, 9.17) is 5.73 Å². The normalized spacial score (nSPS) is 12.7. The molecule has 1 aromatic heterocycles. The Labute approximate surface area is 117 Å². The third-order valence-corrected chi connectivity index (χ3v) is 4.33. The number of hydrogen-bond donors (Lipinski definition) is 1. The molecule has 0 aliphatic heterocycles. The van der Waals surface area contributed by atoms with Crippen LogP contribution in [0.3, 0.4) is 0 Å². The van der Waals surface area contributed by atoms with Crippen LogP contribution in [0.1, 0.15) is 22.0 Å². The number of aryl methyl sites for hydroxylation is 1. The Balaban J connectivity index is 2.18. The minimum atomic E-state index is -0.832. The van der Waals surface area contributed by atoms with E-state index < -0.39 is 11.6 Å². The Morgan fingerprint density at radius 3 is 2.56 bits per heavy atom. The van der Waals surface area contributed by atoms with E-state index >= 15 is 0 Å². The molecule has 0 saturated carbocycles. The van der Waals surface area contributed by atoms with Crippen molar-refractivity contribution >= 4 is 27.3 Å². The van der Waals surface area contributed by atoms with Crippen molar-refractivity contribution in [1.82, 2.24) is 0 Å². The lowest BCUT2D eigenvalue weighted by molar-refractivity contribution is 0.506. The van der Waals surface area contributed by atoms with E-state index in [2.05, 4.69) is 15.9 Å². The molecule has 0 radical (unpaired) electrons. The Morgan fingerprint density at radius 1 is 1.28 bits per heavy atom. The quantitative estimate of drug-likeness (QED) is 0.889. The van der Waals surface area contributed by atoms with Crippen LogP contribution >= 0.6 is 27.3 Å². The molecule has 0 saturated heterocycles. The maximum Gasteiger partial charge on any atom is 0.159 e. The molecule has 1 atom stereocenters. The Morgan fingerprint density at radius 2 is 2.00 bits per heavy atom. The van der Waals surface area contributed by atoms with Crippen molar-refractivity contribution in [3.8, 4) is 0 Å². The molecule has 0 aliphatic rings. The summed E-state index contributed by atoms with van der Waals surface area (Å²) in [5.74, 6) is -1.66. The van der Waals surface area contributed by atoms with Crippen LogP contribution < -0.4 is 5.73 Å². The summed E-state index contributed by atoms with van der Waals surface area (Å²) < 4.78 is 26.9. The van der Waals surface area contributed by atoms with Gasteiger partial charge in [-0.1, -0.05) is 6.07 Å². The molecule has 0 aliphatic carbocycles. The predicted molar refractivity (Wildman–Crippen MR) is 73.7 cm³/mol. The molecule has 0 bridgehead atoms. The highest BCUT2D eigenvalue weighted by atomic mass is 79.9. The third kappa shape index (κ3) is 2.96. The van der Waals surface area contributed by atoms with E-state index in [0.29, 0.717) is 12.0 Å². The Kier molecular flexibility index (Phi) is 4.14. The molecule has 1 aromatic carbocycles. The number of thiophene rings is 1. The number of rotatable bonds is 3. The van der Waals surface area contributed by atoms with Crippen molar-refractivity contribution in [3.05, 3.63) is 55.7 Å². The van der Waals surface area contributed by atoms with E-state index in [1.54, 1.807) is 17.4 Å². The monoisotopic (exact) mass is 331 g/mol. The largest absolute Gasteiger partial charge is 0.324 e. The molecule has 96 valence electrons. The molecule has 1 nitrogen and oxygen atoms in total. The lowest BCUT2D eigenvalue weighted by atomic mass is 10.0. The molecule has 0 spiro atoms. The average Bonchev–Trinajstić information content (AvgIpc) is 2.63. The zero-order valence-electron chi connectivity index (χ0n) is 9.71. The fraction of sp³-hybridized carbons (Fsp3) is 0.231. The first-order chi connectivity index (χ1) is 8.47. The first kappa shape index (κ1) is 13.6. The van der Waals surface area contributed by atoms with Crippen LogP contribution in [0.4, 0.5) is 8.78 Å². The minimum absolute atomic E-state index is 0.211. The second kappa shape index (κ2) is 5.47. The fourth-order valence-electron chi connectivity index (χ4n) is 1.86. The smallest absolute Gasteiger partial charge is 0.159 e. The van der Waals surface area contributed by atoms with Gasteiger partial charge >= 0.3 is 0 Å². The van der Waals surface area contributed by atoms with Crippen molar-refractivity contribution in [2.24, 2.45) is 5.73 Å². The lowest BCUT2D eigenvalue weighted by Crippen LogP contribution is -2.13. The van der Waals surface area contributed by atoms with Gasteiger partial charge in [-0.05, 0) is 58.6 Å². The van der Waals surface area contributed by atoms with Crippen LogP contribution in [0.5, 0.6) is 0 Å². The number of halogens is 3. The molecule has 18 heavy (non-hydrogen) atoms. The van der Waals surface area contributed by atoms with Gasteiger partial charge in [-0.15, -0.1) is 11.3 Å². The lowest BCUT2D eigenvalue weighted by Gasteiger charge is -2.11. The molecular formula is C13H12BrF2NS. The highest BCUT2D eigenvalue weighted by Gasteiger charge is 2.13. The van der Waals surface area contributed by atoms with E-state index in [9.17, 15) is 8.78 Å². The third-order valence-electron chi connectivity index (χ3n) is 2.77. The summed E-state index contributed by atoms with van der Waals surface area (Å²) in [5.41, 5.74) is 7.83. The first-order valence-electron chi connectivity index (χ1n) is 5.42. The van der Waals surface area contributed by atoms with Crippen LogP contribution in [0.25, 0.3) is 0 Å². The summed E-state index contributed by atoms with van der Waals surface area (Å²) in [4.78, 5) is 1.14. The maximum atomic E-state index is 13.1. The molecule has 2 aromatic rings. The van der Waals surface area contributed by atoms with Gasteiger partial charge in [-0.2, -0.15) is 0 Å². The number of benzene rings is 1. The van der Waals surface area contributed by atoms with Gasteiger partial charge in [-0.3, -0.25) is 0 Å². The Hall–Kier alpha value is -0.780. The standard InChI is InChI=1S/C13H12BrF2NS/c1-7-9(6-13(14)18-7)12(17)5-8-2-3-10(15)11(16)4-8/h2-4,6,12H,5,17H2,1H3. The van der Waals surface area contributed by atoms with Crippen LogP contribution in [0.2, 0.25) is 0 Å². The summed E-state index contributed by atoms with van der Waals surface area (Å²) in [6.45, 7) is 2.00. The minimum Gasteiger partial charge on any atom is -0.324 e. The van der Waals surface area contributed by atoms with Crippen molar-refractivity contribution in [1.29, 1.82) is 0 Å². The van der Waals surface area contributed by atoms with Crippen molar-refractivity contribution in [2.75, 3.05) is 0 Å². The molecule has 1 heterocycles. The van der Waals surface area contributed by atoms with Gasteiger partial charge in [0.15, 0.2) is 11.6 Å². The van der Waals surface area contributed by atoms with E-state index in [-0.39, 0.29) is 6.04 Å². The molecule has 5 heteroatoms. The Bertz CT molecular complexity index is 568. The summed E-state index contributed by atoms with van der Waals surface area (Å²) in [6, 6.07) is 5.66. The van der Waals surface area contributed by atoms with Gasteiger partial charge in [-0.25, -0.2) is 8.78 Å². The predicted octanol–water partition coefficient (Wildman–Crippen LogP) is 4.34. The van der Waals surface area contributed by atoms with Crippen molar-refractivity contribution < 1.29 is 8.78 Å². The van der Waals surface area contributed by atoms with Crippen molar-refractivity contribution in [2.45, 2.75) is 19.4 Å². The van der Waals surface area contributed by atoms with Gasteiger partial charge in [0.05, 0.1) is 3.79 Å². The second-order valence-corrected chi connectivity index (χ2v) is 6.76. The topological polar surface area (TPSA) is 26.0 Å². The molecule has 0 fully saturated rings. The number of hydrogen-bond acceptors (Lipinski definition) is 2. The average molecular weight is 332 g/mol. The van der Waals surface area contributed by atoms with Crippen LogP contribution in [-0.4, -0.2) is 0 Å². The SMILES string of the molecule is Cc1sc(Br)cc1C(N)Cc1ccc(F)c(F)c1. The van der Waals surface area contributed by atoms with Crippen LogP contribution in [-0.2, 0) is 6.42 Å². The molecule has 2 rings (SSSR count). The number of nitrogens with two attached hydrogens (primary N) is 1. The van der Waals surface area contributed by atoms with Gasteiger partial charge in [0, 0.05) is 10.9 Å². The van der Waals surface area contributed by atoms with Crippen molar-refractivity contribution in [3.63, 3.8) is 0 Å². The molecule has 1 unspecified atom stereocenters. The van der Waals surface area contributed by atoms with Gasteiger partial charge in [0.1, 0.15) is 0 Å². The van der Waals surface area contributed by atoms with Crippen LogP contribution in [0, 0.1) is 18.6 Å². The van der Waals surface area contributed by atoms with Gasteiger partial charge in [0.2, 0.25) is 0 Å². The zero-order chi connectivity index (χ0) is 13.3. The molecule has 2 N–H and O–H groups in total. The van der Waals surface area contributed by atoms with E-state index in [1.165, 1.54) is 6.07 Å². The summed E-state index contributed by atoms with van der Waals surface area (Å²) in [6.07, 6.45) is 0.487. The van der Waals surface area contributed by atoms with E-state index in [1.807, 2.05) is 13.0 Å². The second-order valence-electron chi connectivity index (χ2n) is 4.12. The summed E-state index contributed by atoms with van der Waals surface area (Å²) in [7, 11) is 0. The summed E-state index contributed by atoms with van der Waals surface area (Å²) in [5, 5.41) is 0. The van der Waals surface area contributed by atoms with Gasteiger partial charge < -0.3 is 5.73 Å². The first-order valence-corrected chi connectivity index (χ1v) is 7.03. The van der Waals surface area contributed by atoms with E-state index in [0.717, 1.165) is 20.3 Å². The highest BCUT2D eigenvalue weighted by Crippen LogP contribution is 2.31. The fourth-order valence-corrected chi connectivity index (χ4v) is 3.64.